The molecule has 12 amide bonds. The number of guanidine groups is 2. The number of hydrogen-bond acceptors (Lipinski definition) is 20. The van der Waals surface area contributed by atoms with Crippen LogP contribution in [0.4, 0.5) is 0 Å². The molecule has 1 aliphatic carbocycles. The average Bonchev–Trinajstić information content (AvgIpc) is 1.62. The molecular formula is C72H99N19O17S2. The molecular weight excluding hydrogens is 1470 g/mol. The third kappa shape index (κ3) is 26.3. The molecule has 23 N–H and O–H groups in total. The first-order chi connectivity index (χ1) is 52.5. The van der Waals surface area contributed by atoms with Gasteiger partial charge in [-0.1, -0.05) is 86.2 Å². The summed E-state index contributed by atoms with van der Waals surface area (Å²) in [4.78, 5) is 195. The Morgan fingerprint density at radius 2 is 1.11 bits per heavy atom. The number of fused-ring (bicyclic) bond motifs is 4. The van der Waals surface area contributed by atoms with Gasteiger partial charge in [-0.05, 0) is 98.1 Å². The molecule has 1 aromatic heterocycles. The highest BCUT2D eigenvalue weighted by Crippen LogP contribution is 2.44. The highest BCUT2D eigenvalue weighted by atomic mass is 32.1. The van der Waals surface area contributed by atoms with Gasteiger partial charge < -0.3 is 106 Å². The number of ether oxygens (including phenoxy) is 1. The minimum atomic E-state index is -1.93. The molecule has 1 saturated heterocycles. The maximum atomic E-state index is 14.4. The number of esters is 1. The Balaban J connectivity index is 1.07. The predicted molar refractivity (Wildman–Crippen MR) is 410 cm³/mol. The number of aromatic nitrogens is 1. The maximum Gasteiger partial charge on any atom is 0.306 e. The zero-order valence-corrected chi connectivity index (χ0v) is 62.7. The van der Waals surface area contributed by atoms with Gasteiger partial charge in [-0.2, -0.15) is 25.3 Å². The number of carbonyl (C=O) groups excluding carboxylic acids is 13. The third-order valence-electron chi connectivity index (χ3n) is 18.1. The number of aliphatic hydroxyl groups excluding tert-OH is 1. The van der Waals surface area contributed by atoms with Crippen molar-refractivity contribution >= 4 is 131 Å². The van der Waals surface area contributed by atoms with Crippen molar-refractivity contribution in [2.45, 2.75) is 170 Å². The van der Waals surface area contributed by atoms with Gasteiger partial charge in [-0.15, -0.1) is 6.58 Å². The van der Waals surface area contributed by atoms with E-state index in [0.29, 0.717) is 11.2 Å². The normalized spacial score (nSPS) is 15.5. The van der Waals surface area contributed by atoms with E-state index in [-0.39, 0.29) is 121 Å². The summed E-state index contributed by atoms with van der Waals surface area (Å²) >= 11 is 8.50. The molecule has 4 aromatic rings. The van der Waals surface area contributed by atoms with Gasteiger partial charge in [0.1, 0.15) is 73.1 Å². The number of para-hydroxylation sites is 1. The van der Waals surface area contributed by atoms with Gasteiger partial charge in [0.05, 0.1) is 19.4 Å². The average molecular weight is 1570 g/mol. The van der Waals surface area contributed by atoms with E-state index in [1.165, 1.54) is 13.0 Å². The van der Waals surface area contributed by atoms with Crippen LogP contribution >= 0.6 is 25.3 Å². The molecule has 0 saturated carbocycles. The molecule has 0 radical (unpaired) electrons. The summed E-state index contributed by atoms with van der Waals surface area (Å²) in [6, 6.07) is 8.11. The maximum absolute atomic E-state index is 14.4. The number of carboxylic acid groups (broad SMARTS) is 1. The lowest BCUT2D eigenvalue weighted by atomic mass is 9.98. The Morgan fingerprint density at radius 1 is 0.618 bits per heavy atom. The van der Waals surface area contributed by atoms with E-state index in [1.54, 1.807) is 31.2 Å². The standard InChI is InChI=1S/C72H99N19O17S2/c1-4-15-47(60(73)97)83-63(100)49(23-12-28-78-71(74)75)85-65(102)51(32-40-31-39-17-6-11-22-46(39)81-40)87-61(98)38(3)80-67(104)55(37-110)90-64(101)50(24-13-29-79-72(76)77)86-69(106)56-25-14-30-91(56)70(107)52(33-58(94)95)88-66(103)53(34-92)89-62(99)48(16-5-2)84-68(105)54(36-109)82-57(93)26-27-59(96)108-35-45-43-20-9-7-18-41(43)42-19-8-10-21-44(42)45/h4,6-11,17-22,31,38,45,47-56,81,92,109-110H,1,5,12-16,23-30,32-37H2,2-3H3,(H2,73,97)(H,80,104)(H,82,93)(H,83,100)(H,84,105)(H,85,102)(H,86,106)(H,87,98)(H,88,103)(H,89,99)(H,90,101)(H,94,95)(H4,74,75,78)(H4,76,77,79)/t38-,47-,48-,49-,50-,51-,52-,53-,54-,55-,56?/m0/s1. The van der Waals surface area contributed by atoms with Crippen LogP contribution in [0.15, 0.2) is 91.5 Å². The first-order valence-electron chi connectivity index (χ1n) is 35.8. The van der Waals surface area contributed by atoms with Crippen molar-refractivity contribution in [3.05, 3.63) is 108 Å². The molecule has 1 fully saturated rings. The van der Waals surface area contributed by atoms with Gasteiger partial charge in [0.15, 0.2) is 11.9 Å². The van der Waals surface area contributed by atoms with Gasteiger partial charge in [0.2, 0.25) is 70.9 Å². The number of aromatic amines is 1. The fraction of sp³-hybridized carbons (Fsp3) is 0.472. The number of carbonyl (C=O) groups is 14. The number of likely N-dealkylation sites (tertiary alicyclic amines) is 1. The van der Waals surface area contributed by atoms with Crippen LogP contribution in [0, 0.1) is 10.8 Å². The number of H-pyrrole nitrogens is 1. The van der Waals surface area contributed by atoms with Crippen molar-refractivity contribution in [1.82, 2.24) is 73.7 Å². The Kier molecular flexibility index (Phi) is 34.8. The Hall–Kier alpha value is -11.3. The number of thiol groups is 2. The molecule has 1 aliphatic heterocycles. The van der Waals surface area contributed by atoms with Crippen LogP contribution in [-0.2, 0) is 78.3 Å². The molecule has 2 heterocycles. The monoisotopic (exact) mass is 1570 g/mol. The van der Waals surface area contributed by atoms with E-state index in [2.05, 4.69) is 101 Å². The first kappa shape index (κ1) is 87.6. The van der Waals surface area contributed by atoms with Crippen LogP contribution in [0.25, 0.3) is 22.0 Å². The molecule has 3 aromatic carbocycles. The second-order valence-electron chi connectivity index (χ2n) is 26.4. The van der Waals surface area contributed by atoms with E-state index >= 15 is 0 Å². The molecule has 110 heavy (non-hydrogen) atoms. The van der Waals surface area contributed by atoms with Crippen LogP contribution in [0.5, 0.6) is 0 Å². The van der Waals surface area contributed by atoms with Crippen LogP contribution in [-0.4, -0.2) is 226 Å². The highest BCUT2D eigenvalue weighted by molar-refractivity contribution is 7.80. The van der Waals surface area contributed by atoms with Crippen molar-refractivity contribution in [2.75, 3.05) is 44.4 Å². The number of aliphatic hydroxyl groups is 1. The van der Waals surface area contributed by atoms with Crippen LogP contribution < -0.4 is 81.0 Å². The Morgan fingerprint density at radius 3 is 1.66 bits per heavy atom. The van der Waals surface area contributed by atoms with Crippen molar-refractivity contribution in [2.24, 2.45) is 17.2 Å². The summed E-state index contributed by atoms with van der Waals surface area (Å²) in [5, 5.41) is 66.4. The lowest BCUT2D eigenvalue weighted by Crippen LogP contribution is -2.61. The summed E-state index contributed by atoms with van der Waals surface area (Å²) in [6.45, 7) is 5.43. The Labute approximate surface area is 645 Å². The summed E-state index contributed by atoms with van der Waals surface area (Å²) in [7, 11) is 0. The molecule has 1 unspecified atom stereocenters. The third-order valence-corrected chi connectivity index (χ3v) is 18.9. The second-order valence-corrected chi connectivity index (χ2v) is 27.1. The zero-order valence-electron chi connectivity index (χ0n) is 61.0. The van der Waals surface area contributed by atoms with E-state index in [0.717, 1.165) is 32.5 Å². The molecule has 596 valence electrons. The van der Waals surface area contributed by atoms with Crippen molar-refractivity contribution in [3.63, 3.8) is 0 Å². The molecule has 11 atom stereocenters. The fourth-order valence-corrected chi connectivity index (χ4v) is 13.0. The molecule has 0 bridgehead atoms. The number of nitrogens with one attached hydrogen (secondary N) is 15. The van der Waals surface area contributed by atoms with Crippen molar-refractivity contribution < 1.29 is 82.1 Å². The number of benzene rings is 3. The number of aliphatic carboxylic acids is 1. The zero-order chi connectivity index (χ0) is 80.7. The van der Waals surface area contributed by atoms with Gasteiger partial charge in [0, 0.05) is 61.1 Å². The van der Waals surface area contributed by atoms with Crippen LogP contribution in [0.3, 0.4) is 0 Å². The minimum Gasteiger partial charge on any atom is -0.481 e. The molecule has 2 aliphatic rings. The molecule has 0 spiro atoms. The number of nitrogens with zero attached hydrogens (tertiary/aromatic N) is 1. The number of rotatable bonds is 45. The second kappa shape index (κ2) is 43.6. The topological polar surface area (TPSA) is 578 Å². The Bertz CT molecular complexity index is 3930. The summed E-state index contributed by atoms with van der Waals surface area (Å²) in [5.74, 6) is -15.1. The van der Waals surface area contributed by atoms with Gasteiger partial charge in [-0.3, -0.25) is 77.9 Å². The molecule has 6 rings (SSSR count). The number of nitrogens with two attached hydrogens (primary N) is 3. The van der Waals surface area contributed by atoms with Crippen LogP contribution in [0.2, 0.25) is 0 Å². The van der Waals surface area contributed by atoms with Crippen molar-refractivity contribution in [3.8, 4) is 11.1 Å². The summed E-state index contributed by atoms with van der Waals surface area (Å²) in [5.41, 5.74) is 21.7. The lowest BCUT2D eigenvalue weighted by molar-refractivity contribution is -0.146. The number of carboxylic acids is 1. The predicted octanol–water partition coefficient (Wildman–Crippen LogP) is -2.58. The smallest absolute Gasteiger partial charge is 0.306 e. The van der Waals surface area contributed by atoms with Crippen molar-refractivity contribution in [1.29, 1.82) is 10.8 Å². The lowest BCUT2D eigenvalue weighted by Gasteiger charge is -2.30. The summed E-state index contributed by atoms with van der Waals surface area (Å²) < 4.78 is 5.61. The van der Waals surface area contributed by atoms with Gasteiger partial charge in [0.25, 0.3) is 0 Å². The number of hydrogen-bond donors (Lipinski definition) is 22. The largest absolute Gasteiger partial charge is 0.481 e. The van der Waals surface area contributed by atoms with Gasteiger partial charge in [-0.25, -0.2) is 0 Å². The van der Waals surface area contributed by atoms with E-state index in [1.807, 2.05) is 54.6 Å². The number of amides is 12. The SMILES string of the molecule is C=CC[C@H](NC(=O)[C@H](CCCNC(=N)N)NC(=O)[C@H](Cc1cc2ccccc2[nH]1)NC(=O)[C@H](C)NC(=O)[C@H](CS)NC(=O)[C@H](CCCNC(=N)N)NC(=O)C1CCCN1C(=O)[C@H](CC(=O)O)NC(=O)[C@H](CO)NC(=O)[C@H](CCC)NC(=O)[C@H](CS)NC(=O)CCC(=O)OCC1c2ccccc2-c2ccccc21)C(N)=O. The molecule has 38 heteroatoms. The highest BCUT2D eigenvalue weighted by Gasteiger charge is 2.42. The van der Waals surface area contributed by atoms with Crippen LogP contribution in [0.1, 0.15) is 114 Å². The van der Waals surface area contributed by atoms with E-state index < -0.39 is 174 Å². The fourth-order valence-electron chi connectivity index (χ4n) is 12.4. The number of primary amides is 1. The van der Waals surface area contributed by atoms with E-state index in [9.17, 15) is 77.3 Å². The summed E-state index contributed by atoms with van der Waals surface area (Å²) in [6.07, 6.45) is -0.257. The molecule has 36 nitrogen and oxygen atoms in total. The van der Waals surface area contributed by atoms with E-state index in [4.69, 9.17) is 32.8 Å². The minimum absolute atomic E-state index is 0.00975. The first-order valence-corrected chi connectivity index (χ1v) is 37.1. The van der Waals surface area contributed by atoms with Gasteiger partial charge >= 0.3 is 11.9 Å². The quantitative estimate of drug-likeness (QED) is 0.00540.